The number of halogens is 1. The van der Waals surface area contributed by atoms with E-state index in [0.717, 1.165) is 10.0 Å². The smallest absolute Gasteiger partial charge is 0.342 e. The number of carbonyl (C=O) groups is 4. The maximum absolute atomic E-state index is 12.8. The quantitative estimate of drug-likeness (QED) is 0.215. The molecule has 1 amide bonds. The zero-order chi connectivity index (χ0) is 27.1. The normalized spacial score (nSPS) is 12.5. The van der Waals surface area contributed by atoms with E-state index < -0.39 is 17.9 Å². The summed E-state index contributed by atoms with van der Waals surface area (Å²) in [5.41, 5.74) is 3.33. The lowest BCUT2D eigenvalue weighted by Gasteiger charge is -2.19. The fraction of sp³-hybridized carbons (Fsp3) is 0.333. The van der Waals surface area contributed by atoms with E-state index in [1.807, 2.05) is 6.08 Å². The Bertz CT molecular complexity index is 1250. The van der Waals surface area contributed by atoms with Crippen molar-refractivity contribution in [3.05, 3.63) is 62.6 Å². The summed E-state index contributed by atoms with van der Waals surface area (Å²) in [5.74, 6) is -2.06. The van der Waals surface area contributed by atoms with Crippen LogP contribution >= 0.6 is 15.9 Å². The highest BCUT2D eigenvalue weighted by molar-refractivity contribution is 9.10. The molecule has 0 fully saturated rings. The molecule has 2 aromatic rings. The number of amides is 1. The van der Waals surface area contributed by atoms with Crippen LogP contribution in [0.4, 0.5) is 5.69 Å². The van der Waals surface area contributed by atoms with Gasteiger partial charge in [-0.2, -0.15) is 0 Å². The number of aliphatic carboxylic acids is 1. The van der Waals surface area contributed by atoms with E-state index in [9.17, 15) is 19.2 Å². The van der Waals surface area contributed by atoms with Crippen LogP contribution in [0.5, 0.6) is 11.5 Å². The van der Waals surface area contributed by atoms with Crippen LogP contribution in [0.25, 0.3) is 0 Å². The molecule has 0 bridgehead atoms. The van der Waals surface area contributed by atoms with Gasteiger partial charge in [-0.15, -0.1) is 0 Å². The third-order valence-corrected chi connectivity index (χ3v) is 6.44. The van der Waals surface area contributed by atoms with Gasteiger partial charge in [0.1, 0.15) is 17.9 Å². The molecule has 2 aromatic carbocycles. The molecule has 10 heteroatoms. The molecule has 1 aliphatic heterocycles. The van der Waals surface area contributed by atoms with Crippen LogP contribution in [-0.4, -0.2) is 36.0 Å². The second-order valence-corrected chi connectivity index (χ2v) is 9.49. The third-order valence-electron chi connectivity index (χ3n) is 5.91. The summed E-state index contributed by atoms with van der Waals surface area (Å²) in [7, 11) is 1.48. The van der Waals surface area contributed by atoms with Crippen molar-refractivity contribution in [1.82, 2.24) is 0 Å². The fourth-order valence-electron chi connectivity index (χ4n) is 3.94. The highest BCUT2D eigenvalue weighted by atomic mass is 79.9. The Kier molecular flexibility index (Phi) is 9.46. The Hall–Kier alpha value is -3.66. The van der Waals surface area contributed by atoms with Gasteiger partial charge < -0.3 is 24.6 Å². The minimum Gasteiger partial charge on any atom is -0.496 e. The molecule has 0 aromatic heterocycles. The van der Waals surface area contributed by atoms with E-state index in [0.29, 0.717) is 34.5 Å². The average Bonchev–Trinajstić information content (AvgIpc) is 3.25. The molecule has 0 unspecified atom stereocenters. The summed E-state index contributed by atoms with van der Waals surface area (Å²) in [6.45, 7) is 3.63. The van der Waals surface area contributed by atoms with E-state index in [-0.39, 0.29) is 49.5 Å². The summed E-state index contributed by atoms with van der Waals surface area (Å²) in [6.07, 6.45) is 2.06. The Balaban J connectivity index is 1.82. The number of esters is 2. The van der Waals surface area contributed by atoms with Gasteiger partial charge in [-0.05, 0) is 56.5 Å². The Labute approximate surface area is 222 Å². The monoisotopic (exact) mass is 573 g/mol. The molecule has 9 nitrogen and oxygen atoms in total. The molecule has 0 saturated carbocycles. The molecule has 1 heterocycles. The van der Waals surface area contributed by atoms with E-state index in [4.69, 9.17) is 19.3 Å². The Morgan fingerprint density at radius 1 is 1.11 bits per heavy atom. The molecule has 2 N–H and O–H groups in total. The molecule has 1 aliphatic rings. The van der Waals surface area contributed by atoms with Crippen molar-refractivity contribution in [3.63, 3.8) is 0 Å². The summed E-state index contributed by atoms with van der Waals surface area (Å²) < 4.78 is 17.4. The van der Waals surface area contributed by atoms with Crippen molar-refractivity contribution >= 4 is 45.4 Å². The maximum Gasteiger partial charge on any atom is 0.342 e. The van der Waals surface area contributed by atoms with E-state index >= 15 is 0 Å². The molecular weight excluding hydrogens is 546 g/mol. The first-order chi connectivity index (χ1) is 17.6. The largest absolute Gasteiger partial charge is 0.496 e. The maximum atomic E-state index is 12.8. The highest BCUT2D eigenvalue weighted by Gasteiger charge is 2.34. The lowest BCUT2D eigenvalue weighted by atomic mass is 9.94. The predicted octanol–water partition coefficient (Wildman–Crippen LogP) is 5.11. The number of carboxylic acids is 1. The summed E-state index contributed by atoms with van der Waals surface area (Å²) >= 11 is 3.33. The first-order valence-corrected chi connectivity index (χ1v) is 12.4. The lowest BCUT2D eigenvalue weighted by molar-refractivity contribution is -0.137. The number of benzene rings is 2. The van der Waals surface area contributed by atoms with Crippen LogP contribution in [0.15, 0.2) is 40.4 Å². The van der Waals surface area contributed by atoms with Crippen molar-refractivity contribution < 1.29 is 38.5 Å². The minimum absolute atomic E-state index is 0.0147. The molecule has 0 spiro atoms. The number of fused-ring (bicyclic) bond motifs is 1. The minimum atomic E-state index is -0.903. The van der Waals surface area contributed by atoms with Crippen LogP contribution in [0.3, 0.4) is 0 Å². The summed E-state index contributed by atoms with van der Waals surface area (Å²) in [4.78, 5) is 48.6. The molecule has 0 atom stereocenters. The Morgan fingerprint density at radius 2 is 1.81 bits per heavy atom. The molecule has 37 heavy (non-hydrogen) atoms. The van der Waals surface area contributed by atoms with Crippen LogP contribution in [-0.2, 0) is 32.1 Å². The fourth-order valence-corrected chi connectivity index (χ4v) is 4.21. The number of rotatable bonds is 11. The Morgan fingerprint density at radius 3 is 2.46 bits per heavy atom. The van der Waals surface area contributed by atoms with Crippen LogP contribution < -0.4 is 14.8 Å². The topological polar surface area (TPSA) is 128 Å². The zero-order valence-electron chi connectivity index (χ0n) is 20.8. The average molecular weight is 574 g/mol. The number of anilines is 1. The van der Waals surface area contributed by atoms with Gasteiger partial charge in [0.25, 0.3) is 0 Å². The predicted molar refractivity (Wildman–Crippen MR) is 139 cm³/mol. The first kappa shape index (κ1) is 27.9. The van der Waals surface area contributed by atoms with Crippen LogP contribution in [0, 0.1) is 6.92 Å². The van der Waals surface area contributed by atoms with Gasteiger partial charge >= 0.3 is 17.9 Å². The van der Waals surface area contributed by atoms with Gasteiger partial charge in [-0.3, -0.25) is 14.4 Å². The van der Waals surface area contributed by atoms with Gasteiger partial charge in [0.05, 0.1) is 13.5 Å². The number of ether oxygens (including phenoxy) is 3. The number of cyclic esters (lactones) is 1. The number of methoxy groups -OCH3 is 1. The first-order valence-electron chi connectivity index (χ1n) is 11.6. The van der Waals surface area contributed by atoms with Crippen LogP contribution in [0.1, 0.15) is 59.7 Å². The van der Waals surface area contributed by atoms with Gasteiger partial charge in [0, 0.05) is 34.1 Å². The van der Waals surface area contributed by atoms with Gasteiger partial charge in [0.2, 0.25) is 5.91 Å². The number of hydrogen-bond acceptors (Lipinski definition) is 7. The number of carbonyl (C=O) groups excluding carboxylic acids is 3. The number of nitrogens with one attached hydrogen (secondary N) is 1. The van der Waals surface area contributed by atoms with Gasteiger partial charge in [-0.1, -0.05) is 27.6 Å². The van der Waals surface area contributed by atoms with Crippen molar-refractivity contribution in [1.29, 1.82) is 0 Å². The van der Waals surface area contributed by atoms with E-state index in [1.165, 1.54) is 7.11 Å². The van der Waals surface area contributed by atoms with Crippen molar-refractivity contribution in [3.8, 4) is 11.5 Å². The van der Waals surface area contributed by atoms with E-state index in [1.54, 1.807) is 38.1 Å². The second-order valence-electron chi connectivity index (χ2n) is 8.57. The zero-order valence-corrected chi connectivity index (χ0v) is 22.4. The number of carboxylic acid groups (broad SMARTS) is 1. The lowest BCUT2D eigenvalue weighted by Crippen LogP contribution is -2.18. The SMILES string of the molecule is COc1c(C)c2c(c(OC(=O)CCC(=O)Nc3ccc(Br)cc3)c1C/C=C(\C)CCC(=O)O)C(=O)OC2. The summed E-state index contributed by atoms with van der Waals surface area (Å²) in [6, 6.07) is 7.03. The molecule has 0 saturated heterocycles. The molecule has 3 rings (SSSR count). The van der Waals surface area contributed by atoms with Gasteiger partial charge in [-0.25, -0.2) is 4.79 Å². The van der Waals surface area contributed by atoms with Crippen molar-refractivity contribution in [2.45, 2.75) is 52.6 Å². The van der Waals surface area contributed by atoms with Crippen molar-refractivity contribution in [2.75, 3.05) is 12.4 Å². The van der Waals surface area contributed by atoms with Crippen molar-refractivity contribution in [2.24, 2.45) is 0 Å². The molecule has 0 aliphatic carbocycles. The highest BCUT2D eigenvalue weighted by Crippen LogP contribution is 2.43. The second kappa shape index (κ2) is 12.5. The molecule has 196 valence electrons. The van der Waals surface area contributed by atoms with Crippen LogP contribution in [0.2, 0.25) is 0 Å². The number of hydrogen-bond donors (Lipinski definition) is 2. The van der Waals surface area contributed by atoms with E-state index in [2.05, 4.69) is 21.2 Å². The molecule has 0 radical (unpaired) electrons. The standard InChI is InChI=1S/C27H28BrNO8/c1-15(5-12-22(31)32)4-10-19-25(35-3)16(2)20-14-36-27(34)24(20)26(19)37-23(33)13-11-21(30)29-18-8-6-17(28)7-9-18/h4,6-9H,5,10-14H2,1-3H3,(H,29,30)(H,31,32)/b15-4+. The summed E-state index contributed by atoms with van der Waals surface area (Å²) in [5, 5.41) is 11.7. The third kappa shape index (κ3) is 7.19. The molecular formula is C27H28BrNO8. The number of allylic oxidation sites excluding steroid dienone is 2. The van der Waals surface area contributed by atoms with Gasteiger partial charge in [0.15, 0.2) is 5.75 Å².